The van der Waals surface area contributed by atoms with Gasteiger partial charge in [-0.25, -0.2) is 13.1 Å². The number of halogens is 1. The number of hydrogen-bond donors (Lipinski definition) is 3. The highest BCUT2D eigenvalue weighted by Gasteiger charge is 2.18. The van der Waals surface area contributed by atoms with Gasteiger partial charge in [0, 0.05) is 0 Å². The first kappa shape index (κ1) is 20.7. The first-order chi connectivity index (χ1) is 12.7. The highest BCUT2D eigenvalue weighted by molar-refractivity contribution is 7.89. The molecule has 2 aromatic rings. The van der Waals surface area contributed by atoms with Crippen LogP contribution in [0.25, 0.3) is 0 Å². The Labute approximate surface area is 161 Å². The van der Waals surface area contributed by atoms with Crippen LogP contribution in [0.15, 0.2) is 47.4 Å². The molecule has 0 unspecified atom stereocenters. The van der Waals surface area contributed by atoms with E-state index in [0.717, 1.165) is 11.6 Å². The van der Waals surface area contributed by atoms with Crippen molar-refractivity contribution < 1.29 is 22.7 Å². The molecule has 0 saturated heterocycles. The smallest absolute Gasteiger partial charge is 0.276 e. The first-order valence-corrected chi connectivity index (χ1v) is 9.61. The van der Waals surface area contributed by atoms with E-state index in [1.165, 1.54) is 19.2 Å². The summed E-state index contributed by atoms with van der Waals surface area (Å²) in [6.07, 6.45) is 0. The average Bonchev–Trinajstić information content (AvgIpc) is 2.65. The van der Waals surface area contributed by atoms with Crippen molar-refractivity contribution in [3.8, 4) is 5.75 Å². The number of aryl methyl sites for hydroxylation is 1. The maximum atomic E-state index is 12.2. The van der Waals surface area contributed by atoms with Crippen LogP contribution in [0, 0.1) is 6.92 Å². The number of nitrogens with one attached hydrogen (secondary N) is 3. The van der Waals surface area contributed by atoms with Gasteiger partial charge >= 0.3 is 0 Å². The Kier molecular flexibility index (Phi) is 6.78. The Bertz CT molecular complexity index is 963. The van der Waals surface area contributed by atoms with Gasteiger partial charge in [-0.3, -0.25) is 20.4 Å². The molecule has 2 amide bonds. The molecule has 10 heteroatoms. The van der Waals surface area contributed by atoms with E-state index in [1.807, 2.05) is 19.1 Å². The number of hydrogen-bond acceptors (Lipinski definition) is 5. The van der Waals surface area contributed by atoms with Crippen LogP contribution >= 0.6 is 11.6 Å². The van der Waals surface area contributed by atoms with Crippen molar-refractivity contribution in [3.05, 3.63) is 58.6 Å². The molecule has 0 aromatic heterocycles. The van der Waals surface area contributed by atoms with Crippen molar-refractivity contribution in [3.63, 3.8) is 0 Å². The van der Waals surface area contributed by atoms with Gasteiger partial charge in [-0.2, -0.15) is 0 Å². The molecule has 0 aliphatic carbocycles. The fourth-order valence-electron chi connectivity index (χ4n) is 2.05. The molecule has 0 aliphatic rings. The summed E-state index contributed by atoms with van der Waals surface area (Å²) in [5, 5.41) is 0.0352. The van der Waals surface area contributed by atoms with Crippen LogP contribution in [-0.2, 0) is 14.8 Å². The molecule has 0 bridgehead atoms. The second-order valence-electron chi connectivity index (χ2n) is 5.41. The third-order valence-corrected chi connectivity index (χ3v) is 5.27. The zero-order chi connectivity index (χ0) is 20.0. The normalized spacial score (nSPS) is 10.9. The summed E-state index contributed by atoms with van der Waals surface area (Å²) in [6.45, 7) is 1.52. The molecule has 3 N–H and O–H groups in total. The van der Waals surface area contributed by atoms with Crippen molar-refractivity contribution in [2.45, 2.75) is 11.8 Å². The molecule has 0 atom stereocenters. The molecule has 0 aliphatic heterocycles. The lowest BCUT2D eigenvalue weighted by atomic mass is 10.2. The Morgan fingerprint density at radius 1 is 1.11 bits per heavy atom. The van der Waals surface area contributed by atoms with Crippen LogP contribution in [0.4, 0.5) is 0 Å². The van der Waals surface area contributed by atoms with E-state index >= 15 is 0 Å². The maximum absolute atomic E-state index is 12.2. The molecule has 0 radical (unpaired) electrons. The Morgan fingerprint density at radius 3 is 2.48 bits per heavy atom. The summed E-state index contributed by atoms with van der Waals surface area (Å²) >= 11 is 5.94. The number of amides is 2. The number of hydrazine groups is 1. The van der Waals surface area contributed by atoms with Crippen molar-refractivity contribution in [2.24, 2.45) is 0 Å². The minimum atomic E-state index is -3.74. The number of carbonyl (C=O) groups is 2. The summed E-state index contributed by atoms with van der Waals surface area (Å²) in [4.78, 5) is 23.9. The maximum Gasteiger partial charge on any atom is 0.276 e. The lowest BCUT2D eigenvalue weighted by Crippen LogP contribution is -2.44. The van der Waals surface area contributed by atoms with Gasteiger partial charge in [0.1, 0.15) is 5.75 Å². The topological polar surface area (TPSA) is 114 Å². The minimum Gasteiger partial charge on any atom is -0.483 e. The number of carbonyl (C=O) groups excluding carboxylic acids is 2. The third-order valence-electron chi connectivity index (χ3n) is 3.53. The minimum absolute atomic E-state index is 0.0352. The third kappa shape index (κ3) is 5.43. The van der Waals surface area contributed by atoms with Gasteiger partial charge in [0.15, 0.2) is 6.61 Å². The fraction of sp³-hybridized carbons (Fsp3) is 0.176. The van der Waals surface area contributed by atoms with Gasteiger partial charge in [0.05, 0.1) is 15.5 Å². The fourth-order valence-corrected chi connectivity index (χ4v) is 3.01. The number of rotatable bonds is 6. The number of ether oxygens (including phenoxy) is 1. The Morgan fingerprint density at radius 2 is 1.81 bits per heavy atom. The lowest BCUT2D eigenvalue weighted by Gasteiger charge is -2.11. The second-order valence-corrected chi connectivity index (χ2v) is 7.70. The van der Waals surface area contributed by atoms with Crippen LogP contribution in [0.1, 0.15) is 15.9 Å². The van der Waals surface area contributed by atoms with Crippen molar-refractivity contribution >= 4 is 33.4 Å². The van der Waals surface area contributed by atoms with Gasteiger partial charge < -0.3 is 4.74 Å². The van der Waals surface area contributed by atoms with Gasteiger partial charge in [-0.15, -0.1) is 0 Å². The molecule has 0 spiro atoms. The number of sulfonamides is 1. The highest BCUT2D eigenvalue weighted by Crippen LogP contribution is 2.20. The van der Waals surface area contributed by atoms with E-state index in [1.54, 1.807) is 12.1 Å². The summed E-state index contributed by atoms with van der Waals surface area (Å²) in [5.41, 5.74) is 5.11. The monoisotopic (exact) mass is 411 g/mol. The SMILES string of the molecule is CNS(=O)(=O)c1ccc(Cl)c(C(=O)NNC(=O)COc2ccccc2C)c1. The van der Waals surface area contributed by atoms with Crippen LogP contribution in [0.3, 0.4) is 0 Å². The van der Waals surface area contributed by atoms with E-state index in [9.17, 15) is 18.0 Å². The van der Waals surface area contributed by atoms with Gasteiger partial charge in [-0.05, 0) is 43.8 Å². The summed E-state index contributed by atoms with van der Waals surface area (Å²) < 4.78 is 31.2. The second kappa shape index (κ2) is 8.85. The van der Waals surface area contributed by atoms with Crippen molar-refractivity contribution in [1.82, 2.24) is 15.6 Å². The van der Waals surface area contributed by atoms with Crippen LogP contribution in [0.5, 0.6) is 5.75 Å². The van der Waals surface area contributed by atoms with E-state index in [2.05, 4.69) is 15.6 Å². The van der Waals surface area contributed by atoms with Crippen LogP contribution < -0.4 is 20.3 Å². The lowest BCUT2D eigenvalue weighted by molar-refractivity contribution is -0.123. The molecule has 0 heterocycles. The van der Waals surface area contributed by atoms with Crippen molar-refractivity contribution in [2.75, 3.05) is 13.7 Å². The predicted molar refractivity (Wildman–Crippen MR) is 100.0 cm³/mol. The quantitative estimate of drug-likeness (QED) is 0.622. The Hall–Kier alpha value is -2.62. The first-order valence-electron chi connectivity index (χ1n) is 7.75. The average molecular weight is 412 g/mol. The van der Waals surface area contributed by atoms with Gasteiger partial charge in [0.25, 0.3) is 11.8 Å². The van der Waals surface area contributed by atoms with Gasteiger partial charge in [0.2, 0.25) is 10.0 Å². The molecule has 2 rings (SSSR count). The van der Waals surface area contributed by atoms with Crippen molar-refractivity contribution in [1.29, 1.82) is 0 Å². The standard InChI is InChI=1S/C17H18ClN3O5S/c1-11-5-3-4-6-15(11)26-10-16(22)20-21-17(23)13-9-12(7-8-14(13)18)27(24,25)19-2/h3-9,19H,10H2,1-2H3,(H,20,22)(H,21,23). The molecule has 0 saturated carbocycles. The van der Waals surface area contributed by atoms with E-state index in [-0.39, 0.29) is 22.1 Å². The summed E-state index contributed by atoms with van der Waals surface area (Å²) in [7, 11) is -2.49. The highest BCUT2D eigenvalue weighted by atomic mass is 35.5. The van der Waals surface area contributed by atoms with E-state index in [4.69, 9.17) is 16.3 Å². The number of benzene rings is 2. The largest absolute Gasteiger partial charge is 0.483 e. The zero-order valence-electron chi connectivity index (χ0n) is 14.6. The van der Waals surface area contributed by atoms with E-state index in [0.29, 0.717) is 5.75 Å². The van der Waals surface area contributed by atoms with Gasteiger partial charge in [-0.1, -0.05) is 29.8 Å². The Balaban J connectivity index is 1.98. The van der Waals surface area contributed by atoms with Crippen LogP contribution in [0.2, 0.25) is 5.02 Å². The zero-order valence-corrected chi connectivity index (χ0v) is 16.1. The van der Waals surface area contributed by atoms with Crippen LogP contribution in [-0.4, -0.2) is 33.9 Å². The molecule has 27 heavy (non-hydrogen) atoms. The molecule has 2 aromatic carbocycles. The predicted octanol–water partition coefficient (Wildman–Crippen LogP) is 1.40. The van der Waals surface area contributed by atoms with E-state index < -0.39 is 21.8 Å². The molecule has 8 nitrogen and oxygen atoms in total. The molecular weight excluding hydrogens is 394 g/mol. The molecule has 144 valence electrons. The molecule has 0 fully saturated rings. The summed E-state index contributed by atoms with van der Waals surface area (Å²) in [6, 6.07) is 10.8. The number of para-hydroxylation sites is 1. The molecular formula is C17H18ClN3O5S. The summed E-state index contributed by atoms with van der Waals surface area (Å²) in [5.74, 6) is -0.814.